The number of hydrogen-bond acceptors (Lipinski definition) is 2. The van der Waals surface area contributed by atoms with Gasteiger partial charge in [-0.05, 0) is 18.8 Å². The number of H-pyrrole nitrogens is 1. The first-order chi connectivity index (χ1) is 6.38. The molecule has 1 aliphatic rings. The largest absolute Gasteiger partial charge is 0.388 e. The smallest absolute Gasteiger partial charge is 0.0848 e. The summed E-state index contributed by atoms with van der Waals surface area (Å²) in [5, 5.41) is 16.6. The highest BCUT2D eigenvalue weighted by Gasteiger charge is 2.23. The van der Waals surface area contributed by atoms with Crippen molar-refractivity contribution >= 4 is 0 Å². The maximum Gasteiger partial charge on any atom is 0.0848 e. The number of aromatic nitrogens is 2. The molecule has 0 aliphatic heterocycles. The Morgan fingerprint density at radius 2 is 2.15 bits per heavy atom. The van der Waals surface area contributed by atoms with Crippen LogP contribution in [-0.2, 0) is 0 Å². The zero-order valence-corrected chi connectivity index (χ0v) is 7.74. The van der Waals surface area contributed by atoms with Crippen molar-refractivity contribution in [1.29, 1.82) is 0 Å². The average molecular weight is 180 g/mol. The third kappa shape index (κ3) is 1.91. The second-order valence-electron chi connectivity index (χ2n) is 3.87. The summed E-state index contributed by atoms with van der Waals surface area (Å²) >= 11 is 0. The SMILES string of the molecule is OC(c1cn[nH]c1)C1CCCCC1. The molecule has 1 aliphatic carbocycles. The lowest BCUT2D eigenvalue weighted by Gasteiger charge is -2.25. The Morgan fingerprint density at radius 3 is 2.77 bits per heavy atom. The van der Waals surface area contributed by atoms with Gasteiger partial charge in [-0.1, -0.05) is 19.3 Å². The van der Waals surface area contributed by atoms with Gasteiger partial charge < -0.3 is 5.11 Å². The highest BCUT2D eigenvalue weighted by atomic mass is 16.3. The summed E-state index contributed by atoms with van der Waals surface area (Å²) in [6, 6.07) is 0. The van der Waals surface area contributed by atoms with Crippen molar-refractivity contribution in [2.75, 3.05) is 0 Å². The molecule has 0 bridgehead atoms. The van der Waals surface area contributed by atoms with E-state index in [1.165, 1.54) is 19.3 Å². The van der Waals surface area contributed by atoms with E-state index in [4.69, 9.17) is 0 Å². The summed E-state index contributed by atoms with van der Waals surface area (Å²) in [4.78, 5) is 0. The average Bonchev–Trinajstić information content (AvgIpc) is 2.71. The minimum atomic E-state index is -0.306. The third-order valence-electron chi connectivity index (χ3n) is 2.96. The zero-order valence-electron chi connectivity index (χ0n) is 7.74. The van der Waals surface area contributed by atoms with E-state index in [2.05, 4.69) is 10.2 Å². The quantitative estimate of drug-likeness (QED) is 0.731. The van der Waals surface area contributed by atoms with Crippen molar-refractivity contribution in [3.8, 4) is 0 Å². The second kappa shape index (κ2) is 3.92. The van der Waals surface area contributed by atoms with E-state index in [0.29, 0.717) is 5.92 Å². The number of aliphatic hydroxyl groups is 1. The molecule has 0 amide bonds. The Hall–Kier alpha value is -0.830. The molecule has 3 nitrogen and oxygen atoms in total. The van der Waals surface area contributed by atoms with Crippen molar-refractivity contribution in [3.05, 3.63) is 18.0 Å². The maximum absolute atomic E-state index is 9.97. The summed E-state index contributed by atoms with van der Waals surface area (Å²) in [7, 11) is 0. The number of rotatable bonds is 2. The molecule has 1 aromatic rings. The van der Waals surface area contributed by atoms with Crippen LogP contribution in [0.25, 0.3) is 0 Å². The summed E-state index contributed by atoms with van der Waals surface area (Å²) in [6.07, 6.45) is 9.38. The summed E-state index contributed by atoms with van der Waals surface area (Å²) in [6.45, 7) is 0. The Kier molecular flexibility index (Phi) is 2.64. The fourth-order valence-corrected chi connectivity index (χ4v) is 2.14. The fourth-order valence-electron chi connectivity index (χ4n) is 2.14. The Labute approximate surface area is 78.2 Å². The molecule has 1 saturated carbocycles. The third-order valence-corrected chi connectivity index (χ3v) is 2.96. The molecule has 1 aromatic heterocycles. The maximum atomic E-state index is 9.97. The molecule has 2 N–H and O–H groups in total. The van der Waals surface area contributed by atoms with E-state index < -0.39 is 0 Å². The van der Waals surface area contributed by atoms with Gasteiger partial charge in [0.2, 0.25) is 0 Å². The van der Waals surface area contributed by atoms with Crippen LogP contribution in [0.2, 0.25) is 0 Å². The van der Waals surface area contributed by atoms with Crippen molar-refractivity contribution in [1.82, 2.24) is 10.2 Å². The van der Waals surface area contributed by atoms with E-state index >= 15 is 0 Å². The van der Waals surface area contributed by atoms with Gasteiger partial charge in [-0.25, -0.2) is 0 Å². The molecule has 0 saturated heterocycles. The van der Waals surface area contributed by atoms with Crippen LogP contribution in [0.3, 0.4) is 0 Å². The van der Waals surface area contributed by atoms with Gasteiger partial charge in [0.15, 0.2) is 0 Å². The standard InChI is InChI=1S/C10H16N2O/c13-10(9-6-11-12-7-9)8-4-2-1-3-5-8/h6-8,10,13H,1-5H2,(H,11,12). The predicted molar refractivity (Wildman–Crippen MR) is 50.1 cm³/mol. The van der Waals surface area contributed by atoms with Gasteiger partial charge in [0.05, 0.1) is 12.3 Å². The molecule has 0 spiro atoms. The van der Waals surface area contributed by atoms with Crippen molar-refractivity contribution in [2.24, 2.45) is 5.92 Å². The Morgan fingerprint density at radius 1 is 1.38 bits per heavy atom. The Balaban J connectivity index is 1.99. The van der Waals surface area contributed by atoms with Gasteiger partial charge >= 0.3 is 0 Å². The number of hydrogen-bond donors (Lipinski definition) is 2. The molecule has 0 aromatic carbocycles. The van der Waals surface area contributed by atoms with E-state index in [1.54, 1.807) is 12.4 Å². The lowest BCUT2D eigenvalue weighted by Crippen LogP contribution is -2.15. The number of nitrogens with zero attached hydrogens (tertiary/aromatic N) is 1. The predicted octanol–water partition coefficient (Wildman–Crippen LogP) is 2.02. The molecular formula is C10H16N2O. The monoisotopic (exact) mass is 180 g/mol. The molecule has 1 atom stereocenters. The van der Waals surface area contributed by atoms with Crippen LogP contribution in [0.5, 0.6) is 0 Å². The summed E-state index contributed by atoms with van der Waals surface area (Å²) in [5.74, 6) is 0.450. The van der Waals surface area contributed by atoms with Gasteiger partial charge in [0, 0.05) is 11.8 Å². The highest BCUT2D eigenvalue weighted by Crippen LogP contribution is 2.33. The summed E-state index contributed by atoms with van der Waals surface area (Å²) < 4.78 is 0. The van der Waals surface area contributed by atoms with E-state index in [9.17, 15) is 5.11 Å². The second-order valence-corrected chi connectivity index (χ2v) is 3.87. The highest BCUT2D eigenvalue weighted by molar-refractivity contribution is 5.08. The molecule has 72 valence electrons. The van der Waals surface area contributed by atoms with Gasteiger partial charge in [-0.15, -0.1) is 0 Å². The normalized spacial score (nSPS) is 21.6. The van der Waals surface area contributed by atoms with Gasteiger partial charge in [0.25, 0.3) is 0 Å². The molecule has 1 unspecified atom stereocenters. The lowest BCUT2D eigenvalue weighted by atomic mass is 9.83. The van der Waals surface area contributed by atoms with Crippen molar-refractivity contribution in [3.63, 3.8) is 0 Å². The molecular weight excluding hydrogens is 164 g/mol. The minimum Gasteiger partial charge on any atom is -0.388 e. The van der Waals surface area contributed by atoms with E-state index in [-0.39, 0.29) is 6.10 Å². The number of aromatic amines is 1. The van der Waals surface area contributed by atoms with E-state index in [0.717, 1.165) is 18.4 Å². The lowest BCUT2D eigenvalue weighted by molar-refractivity contribution is 0.0849. The minimum absolute atomic E-state index is 0.306. The molecule has 3 heteroatoms. The first kappa shape index (κ1) is 8.75. The molecule has 2 rings (SSSR count). The number of aliphatic hydroxyl groups excluding tert-OH is 1. The number of nitrogens with one attached hydrogen (secondary N) is 1. The van der Waals surface area contributed by atoms with Gasteiger partial charge in [-0.2, -0.15) is 5.10 Å². The van der Waals surface area contributed by atoms with Crippen LogP contribution < -0.4 is 0 Å². The molecule has 1 fully saturated rings. The topological polar surface area (TPSA) is 48.9 Å². The van der Waals surface area contributed by atoms with Crippen LogP contribution in [-0.4, -0.2) is 15.3 Å². The van der Waals surface area contributed by atoms with Gasteiger partial charge in [0.1, 0.15) is 0 Å². The van der Waals surface area contributed by atoms with Crippen LogP contribution in [0.1, 0.15) is 43.8 Å². The Bertz CT molecular complexity index is 239. The molecule has 1 heterocycles. The van der Waals surface area contributed by atoms with E-state index in [1.807, 2.05) is 0 Å². The first-order valence-electron chi connectivity index (χ1n) is 5.04. The molecule has 0 radical (unpaired) electrons. The zero-order chi connectivity index (χ0) is 9.10. The van der Waals surface area contributed by atoms with Crippen LogP contribution in [0, 0.1) is 5.92 Å². The summed E-state index contributed by atoms with van der Waals surface area (Å²) in [5.41, 5.74) is 0.937. The van der Waals surface area contributed by atoms with Crippen molar-refractivity contribution in [2.45, 2.75) is 38.2 Å². The van der Waals surface area contributed by atoms with Crippen molar-refractivity contribution < 1.29 is 5.11 Å². The fraction of sp³-hybridized carbons (Fsp3) is 0.700. The van der Waals surface area contributed by atoms with Gasteiger partial charge in [-0.3, -0.25) is 5.10 Å². The molecule has 13 heavy (non-hydrogen) atoms. The van der Waals surface area contributed by atoms with Crippen LogP contribution >= 0.6 is 0 Å². The first-order valence-corrected chi connectivity index (χ1v) is 5.04. The van der Waals surface area contributed by atoms with Crippen LogP contribution in [0.15, 0.2) is 12.4 Å². The van der Waals surface area contributed by atoms with Crippen LogP contribution in [0.4, 0.5) is 0 Å².